The summed E-state index contributed by atoms with van der Waals surface area (Å²) >= 11 is 8.63. The molecule has 66 valence electrons. The molecule has 0 heterocycles. The van der Waals surface area contributed by atoms with Crippen LogP contribution in [0.4, 0.5) is 0 Å². The molecule has 1 rings (SSSR count). The molecule has 3 heteroatoms. The van der Waals surface area contributed by atoms with E-state index in [1.165, 1.54) is 5.56 Å². The Morgan fingerprint density at radius 3 is 2.50 bits per heavy atom. The Bertz CT molecular complexity index is 271. The molecule has 0 aromatic heterocycles. The quantitative estimate of drug-likeness (QED) is 0.691. The van der Waals surface area contributed by atoms with E-state index in [1.807, 2.05) is 32.3 Å². The summed E-state index contributed by atoms with van der Waals surface area (Å²) in [5.74, 6) is 0. The maximum absolute atomic E-state index is 4.36. The topological polar surface area (TPSA) is 3.24 Å². The van der Waals surface area contributed by atoms with Crippen LogP contribution in [0.5, 0.6) is 0 Å². The molecule has 0 atom stereocenters. The predicted octanol–water partition coefficient (Wildman–Crippen LogP) is 2.33. The van der Waals surface area contributed by atoms with Crippen LogP contribution in [0, 0.1) is 0 Å². The molecule has 1 aromatic rings. The molecular weight excluding hydrogens is 186 g/mol. The zero-order valence-corrected chi connectivity index (χ0v) is 9.07. The Morgan fingerprint density at radius 1 is 1.25 bits per heavy atom. The van der Waals surface area contributed by atoms with Crippen molar-refractivity contribution >= 4 is 25.3 Å². The Balaban J connectivity index is 2.90. The summed E-state index contributed by atoms with van der Waals surface area (Å²) in [6.07, 6.45) is 0. The van der Waals surface area contributed by atoms with Crippen LogP contribution in [0.3, 0.4) is 0 Å². The van der Waals surface area contributed by atoms with E-state index >= 15 is 0 Å². The van der Waals surface area contributed by atoms with E-state index in [4.69, 9.17) is 0 Å². The summed E-state index contributed by atoms with van der Waals surface area (Å²) in [7, 11) is 4.08. The van der Waals surface area contributed by atoms with Gasteiger partial charge in [0.15, 0.2) is 0 Å². The summed E-state index contributed by atoms with van der Waals surface area (Å²) in [6.45, 7) is 0.910. The van der Waals surface area contributed by atoms with Crippen molar-refractivity contribution in [3.63, 3.8) is 0 Å². The van der Waals surface area contributed by atoms with E-state index < -0.39 is 0 Å². The van der Waals surface area contributed by atoms with Gasteiger partial charge in [-0.15, -0.1) is 25.3 Å². The highest BCUT2D eigenvalue weighted by Crippen LogP contribution is 2.18. The van der Waals surface area contributed by atoms with Gasteiger partial charge in [-0.25, -0.2) is 0 Å². The van der Waals surface area contributed by atoms with E-state index in [9.17, 15) is 0 Å². The third kappa shape index (κ3) is 2.73. The number of hydrogen-bond acceptors (Lipinski definition) is 3. The maximum atomic E-state index is 4.36. The van der Waals surface area contributed by atoms with Gasteiger partial charge in [0.1, 0.15) is 0 Å². The van der Waals surface area contributed by atoms with Crippen LogP contribution in [0.2, 0.25) is 0 Å². The lowest BCUT2D eigenvalue weighted by Gasteiger charge is -2.11. The highest BCUT2D eigenvalue weighted by molar-refractivity contribution is 7.80. The number of hydrogen-bond donors (Lipinski definition) is 2. The smallest absolute Gasteiger partial charge is 0.0239 e. The van der Waals surface area contributed by atoms with Crippen LogP contribution < -0.4 is 0 Å². The zero-order valence-electron chi connectivity index (χ0n) is 7.28. The largest absolute Gasteiger partial charge is 0.305 e. The van der Waals surface area contributed by atoms with Crippen molar-refractivity contribution in [3.8, 4) is 0 Å². The van der Waals surface area contributed by atoms with Gasteiger partial charge in [-0.2, -0.15) is 0 Å². The second-order valence-electron chi connectivity index (χ2n) is 3.05. The fraction of sp³-hybridized carbons (Fsp3) is 0.333. The van der Waals surface area contributed by atoms with Gasteiger partial charge in [0.05, 0.1) is 0 Å². The molecule has 12 heavy (non-hydrogen) atoms. The monoisotopic (exact) mass is 199 g/mol. The maximum Gasteiger partial charge on any atom is 0.0239 e. The fourth-order valence-corrected chi connectivity index (χ4v) is 1.48. The molecule has 0 spiro atoms. The van der Waals surface area contributed by atoms with Crippen LogP contribution in [0.25, 0.3) is 0 Å². The first kappa shape index (κ1) is 9.96. The summed E-state index contributed by atoms with van der Waals surface area (Å²) in [4.78, 5) is 4.13. The molecule has 0 unspecified atom stereocenters. The molecule has 0 amide bonds. The van der Waals surface area contributed by atoms with Crippen molar-refractivity contribution < 1.29 is 0 Å². The first-order valence-corrected chi connectivity index (χ1v) is 4.64. The molecule has 0 aliphatic rings. The summed E-state index contributed by atoms with van der Waals surface area (Å²) in [5, 5.41) is 0. The average Bonchev–Trinajstić information content (AvgIpc) is 1.96. The Labute approximate surface area is 84.6 Å². The first-order valence-electron chi connectivity index (χ1n) is 3.75. The second-order valence-corrected chi connectivity index (χ2v) is 4.05. The van der Waals surface area contributed by atoms with Gasteiger partial charge >= 0.3 is 0 Å². The van der Waals surface area contributed by atoms with E-state index in [0.29, 0.717) is 0 Å². The van der Waals surface area contributed by atoms with Gasteiger partial charge in [0.25, 0.3) is 0 Å². The van der Waals surface area contributed by atoms with Crippen LogP contribution >= 0.6 is 25.3 Å². The van der Waals surface area contributed by atoms with E-state index in [-0.39, 0.29) is 0 Å². The lowest BCUT2D eigenvalue weighted by molar-refractivity contribution is 0.399. The first-order chi connectivity index (χ1) is 5.59. The van der Waals surface area contributed by atoms with E-state index in [0.717, 1.165) is 16.3 Å². The minimum absolute atomic E-state index is 0.910. The molecule has 0 fully saturated rings. The van der Waals surface area contributed by atoms with Crippen molar-refractivity contribution in [3.05, 3.63) is 23.8 Å². The minimum Gasteiger partial charge on any atom is -0.305 e. The number of rotatable bonds is 2. The molecule has 1 aromatic carbocycles. The molecular formula is C9H13NS2. The summed E-state index contributed by atoms with van der Waals surface area (Å²) < 4.78 is 0. The normalized spacial score (nSPS) is 10.8. The molecule has 0 radical (unpaired) electrons. The summed E-state index contributed by atoms with van der Waals surface area (Å²) in [6, 6.07) is 5.97. The number of benzene rings is 1. The van der Waals surface area contributed by atoms with Crippen LogP contribution in [-0.4, -0.2) is 19.0 Å². The summed E-state index contributed by atoms with van der Waals surface area (Å²) in [5.41, 5.74) is 1.22. The van der Waals surface area contributed by atoms with Gasteiger partial charge in [0, 0.05) is 16.3 Å². The van der Waals surface area contributed by atoms with Gasteiger partial charge in [0.2, 0.25) is 0 Å². The third-order valence-electron chi connectivity index (χ3n) is 1.55. The highest BCUT2D eigenvalue weighted by Gasteiger charge is 2.00. The molecule has 0 aliphatic heterocycles. The van der Waals surface area contributed by atoms with Gasteiger partial charge in [-0.05, 0) is 37.9 Å². The zero-order chi connectivity index (χ0) is 9.14. The number of thiol groups is 2. The molecule has 0 saturated carbocycles. The second kappa shape index (κ2) is 4.21. The van der Waals surface area contributed by atoms with Crippen LogP contribution in [0.15, 0.2) is 28.0 Å². The molecule has 0 bridgehead atoms. The van der Waals surface area contributed by atoms with Crippen molar-refractivity contribution in [2.24, 2.45) is 0 Å². The van der Waals surface area contributed by atoms with Crippen LogP contribution in [0.1, 0.15) is 5.56 Å². The van der Waals surface area contributed by atoms with Crippen molar-refractivity contribution in [2.45, 2.75) is 16.3 Å². The van der Waals surface area contributed by atoms with Gasteiger partial charge in [-0.1, -0.05) is 0 Å². The standard InChI is InChI=1S/C9H13NS2/c1-10(2)6-7-5-8(11)3-4-9(7)12/h3-5,11-12H,6H2,1-2H3. The van der Waals surface area contributed by atoms with E-state index in [1.54, 1.807) is 0 Å². The Hall–Kier alpha value is -0.120. The average molecular weight is 199 g/mol. The predicted molar refractivity (Wildman–Crippen MR) is 58.3 cm³/mol. The molecule has 0 aliphatic carbocycles. The van der Waals surface area contributed by atoms with Gasteiger partial charge < -0.3 is 4.90 Å². The number of nitrogens with zero attached hydrogens (tertiary/aromatic N) is 1. The van der Waals surface area contributed by atoms with E-state index in [2.05, 4.69) is 30.2 Å². The SMILES string of the molecule is CN(C)Cc1cc(S)ccc1S. The van der Waals surface area contributed by atoms with Crippen molar-refractivity contribution in [1.29, 1.82) is 0 Å². The Kier molecular flexibility index (Phi) is 3.50. The van der Waals surface area contributed by atoms with Gasteiger partial charge in [-0.3, -0.25) is 0 Å². The Morgan fingerprint density at radius 2 is 1.92 bits per heavy atom. The lowest BCUT2D eigenvalue weighted by Crippen LogP contribution is -2.11. The fourth-order valence-electron chi connectivity index (χ4n) is 1.04. The van der Waals surface area contributed by atoms with Crippen molar-refractivity contribution in [1.82, 2.24) is 4.90 Å². The highest BCUT2D eigenvalue weighted by atomic mass is 32.1. The minimum atomic E-state index is 0.910. The van der Waals surface area contributed by atoms with Crippen molar-refractivity contribution in [2.75, 3.05) is 14.1 Å². The third-order valence-corrected chi connectivity index (χ3v) is 2.26. The molecule has 0 saturated heterocycles. The molecule has 0 N–H and O–H groups in total. The molecule has 1 nitrogen and oxygen atoms in total. The van der Waals surface area contributed by atoms with Crippen LogP contribution in [-0.2, 0) is 6.54 Å². The lowest BCUT2D eigenvalue weighted by atomic mass is 10.2.